The van der Waals surface area contributed by atoms with Gasteiger partial charge in [0.15, 0.2) is 5.82 Å². The van der Waals surface area contributed by atoms with Crippen molar-refractivity contribution < 1.29 is 59.8 Å². The summed E-state index contributed by atoms with van der Waals surface area (Å²) in [6.07, 6.45) is 0.766. The van der Waals surface area contributed by atoms with Crippen LogP contribution in [0.15, 0.2) is 84.6 Å². The van der Waals surface area contributed by atoms with Crippen molar-refractivity contribution in [3.05, 3.63) is 119 Å². The fraction of sp³-hybridized carbons (Fsp3) is 0.500. The number of anilines is 2. The van der Waals surface area contributed by atoms with Crippen molar-refractivity contribution in [1.29, 1.82) is 0 Å². The molecule has 0 bridgehead atoms. The van der Waals surface area contributed by atoms with Crippen molar-refractivity contribution in [2.24, 2.45) is 11.3 Å². The van der Waals surface area contributed by atoms with Crippen LogP contribution in [0.1, 0.15) is 95.4 Å². The number of ether oxygens (including phenoxy) is 3. The molecule has 494 valence electrons. The first-order valence-electron chi connectivity index (χ1n) is 31.0. The molecule has 4 aliphatic rings. The lowest BCUT2D eigenvalue weighted by Gasteiger charge is -2.48. The second-order valence-corrected chi connectivity index (χ2v) is 29.2. The minimum atomic E-state index is -4.39. The van der Waals surface area contributed by atoms with Crippen LogP contribution in [-0.2, 0) is 50.1 Å². The van der Waals surface area contributed by atoms with E-state index in [1.165, 1.54) is 11.1 Å². The third kappa shape index (κ3) is 15.2. The van der Waals surface area contributed by atoms with Gasteiger partial charge in [0.1, 0.15) is 35.8 Å². The number of nitrogens with zero attached hydrogens (tertiary/aromatic N) is 7. The Hall–Kier alpha value is -7.33. The lowest BCUT2D eigenvalue weighted by atomic mass is 9.85. The molecule has 5 atom stereocenters. The summed E-state index contributed by atoms with van der Waals surface area (Å²) in [5, 5.41) is 6.35. The molecule has 0 aliphatic carbocycles. The summed E-state index contributed by atoms with van der Waals surface area (Å²) in [4.78, 5) is 91.9. The average molecular weight is 1310 g/mol. The summed E-state index contributed by atoms with van der Waals surface area (Å²) in [6.45, 7) is 20.9. The Labute approximate surface area is 538 Å². The van der Waals surface area contributed by atoms with Crippen LogP contribution in [-0.4, -0.2) is 193 Å². The van der Waals surface area contributed by atoms with Gasteiger partial charge in [-0.15, -0.1) is 11.3 Å². The number of hydrogen-bond donors (Lipinski definition) is 4. The summed E-state index contributed by atoms with van der Waals surface area (Å²) in [7, 11) is -2.80. The van der Waals surface area contributed by atoms with Gasteiger partial charge in [0.05, 0.1) is 64.1 Å². The number of aromatic nitrogens is 3. The first kappa shape index (κ1) is 67.6. The molecule has 4 N–H and O–H groups in total. The third-order valence-electron chi connectivity index (χ3n) is 18.2. The van der Waals surface area contributed by atoms with E-state index in [-0.39, 0.29) is 63.1 Å². The average Bonchev–Trinajstić information content (AvgIpc) is 1.39. The lowest BCUT2D eigenvalue weighted by molar-refractivity contribution is -0.171. The molecule has 4 fully saturated rings. The number of pyridine rings is 1. The van der Waals surface area contributed by atoms with Crippen molar-refractivity contribution >= 4 is 73.4 Å². The van der Waals surface area contributed by atoms with E-state index in [4.69, 9.17) is 14.2 Å². The number of thiazole rings is 1. The van der Waals surface area contributed by atoms with Crippen molar-refractivity contribution in [3.8, 4) is 21.6 Å². The maximum Gasteiger partial charge on any atom is 0.311 e. The van der Waals surface area contributed by atoms with Gasteiger partial charge < -0.3 is 39.6 Å². The third-order valence-corrected chi connectivity index (χ3v) is 20.7. The molecule has 10 rings (SSSR count). The molecule has 0 radical (unpaired) electrons. The van der Waals surface area contributed by atoms with E-state index in [0.717, 1.165) is 75.6 Å². The number of methoxy groups -OCH3 is 1. The zero-order valence-corrected chi connectivity index (χ0v) is 55.2. The van der Waals surface area contributed by atoms with Crippen molar-refractivity contribution in [2.45, 2.75) is 123 Å². The molecular formula is C66H82F3N11O10S2. The highest BCUT2D eigenvalue weighted by molar-refractivity contribution is 7.90. The number of fused-ring (bicyclic) bond motifs is 1. The van der Waals surface area contributed by atoms with Gasteiger partial charge in [-0.25, -0.2) is 23.1 Å². The number of ketones is 1. The van der Waals surface area contributed by atoms with E-state index >= 15 is 8.78 Å². The number of esters is 1. The van der Waals surface area contributed by atoms with E-state index in [1.807, 2.05) is 114 Å². The molecule has 4 saturated heterocycles. The molecule has 26 heteroatoms. The number of carbonyl (C=O) groups is 5. The maximum atomic E-state index is 15.9. The van der Waals surface area contributed by atoms with Gasteiger partial charge in [-0.2, -0.15) is 12.7 Å². The number of alkyl halides is 1. The van der Waals surface area contributed by atoms with Gasteiger partial charge in [0, 0.05) is 113 Å². The lowest BCUT2D eigenvalue weighted by Crippen LogP contribution is -2.65. The zero-order valence-electron chi connectivity index (χ0n) is 53.6. The summed E-state index contributed by atoms with van der Waals surface area (Å²) in [5.74, 6) is -6.08. The Morgan fingerprint density at radius 2 is 1.55 bits per heavy atom. The molecule has 3 aromatic carbocycles. The number of H-pyrrole nitrogens is 1. The minimum absolute atomic E-state index is 0.0155. The highest BCUT2D eigenvalue weighted by Crippen LogP contribution is 2.35. The molecule has 1 unspecified atom stereocenters. The largest absolute Gasteiger partial charge is 0.460 e. The molecule has 3 amide bonds. The van der Waals surface area contributed by atoms with Crippen LogP contribution >= 0.6 is 11.3 Å². The number of piperazine rings is 1. The van der Waals surface area contributed by atoms with Gasteiger partial charge in [-0.1, -0.05) is 57.2 Å². The van der Waals surface area contributed by atoms with E-state index in [0.29, 0.717) is 29.7 Å². The SMILES string of the molecule is COC(C)(C)COC(C)(C)C(C)C(=O)O[C@@H]1C[C@@H](C(=O)NCc2ccc(-c3scnc3C)cc2)N(C(=O)[C@@H](NC(=O)CN2CC(N3CCN(c4ccc(-c5cnc6[nH]cc(C(=O)c7c(F)ccc(NS(=O)(=O)N8CC[C@@H](F)C8)c7F)c6c5)cc4)CC3)C2)C(C)(C)C)C1. The quantitative estimate of drug-likeness (QED) is 0.0352. The van der Waals surface area contributed by atoms with Crippen LogP contribution < -0.4 is 20.3 Å². The number of benzene rings is 3. The van der Waals surface area contributed by atoms with Crippen LogP contribution in [0.2, 0.25) is 0 Å². The van der Waals surface area contributed by atoms with Gasteiger partial charge in [-0.3, -0.25) is 38.5 Å². The molecule has 7 heterocycles. The number of likely N-dealkylation sites (tertiary alicyclic amines) is 2. The summed E-state index contributed by atoms with van der Waals surface area (Å²) in [5.41, 5.74) is 3.31. The predicted octanol–water partition coefficient (Wildman–Crippen LogP) is 7.89. The first-order valence-corrected chi connectivity index (χ1v) is 33.3. The van der Waals surface area contributed by atoms with Crippen LogP contribution in [0.25, 0.3) is 32.6 Å². The fourth-order valence-corrected chi connectivity index (χ4v) is 14.0. The number of aryl methyl sites for hydroxylation is 1. The minimum Gasteiger partial charge on any atom is -0.460 e. The normalized spacial score (nSPS) is 19.6. The van der Waals surface area contributed by atoms with E-state index < -0.39 is 110 Å². The summed E-state index contributed by atoms with van der Waals surface area (Å²) >= 11 is 1.55. The van der Waals surface area contributed by atoms with Gasteiger partial charge in [-0.05, 0) is 100 Å². The Morgan fingerprint density at radius 3 is 2.20 bits per heavy atom. The monoisotopic (exact) mass is 1310 g/mol. The Balaban J connectivity index is 0.729. The number of rotatable bonds is 23. The van der Waals surface area contributed by atoms with Gasteiger partial charge in [0.25, 0.3) is 0 Å². The second kappa shape index (κ2) is 27.3. The Bertz CT molecular complexity index is 3810. The molecule has 0 spiro atoms. The van der Waals surface area contributed by atoms with Gasteiger partial charge in [0.2, 0.25) is 23.5 Å². The van der Waals surface area contributed by atoms with E-state index in [1.54, 1.807) is 43.1 Å². The Morgan fingerprint density at radius 1 is 0.859 bits per heavy atom. The smallest absolute Gasteiger partial charge is 0.311 e. The highest BCUT2D eigenvalue weighted by Gasteiger charge is 2.48. The number of halogens is 3. The number of amides is 3. The molecule has 0 saturated carbocycles. The predicted molar refractivity (Wildman–Crippen MR) is 345 cm³/mol. The number of hydrogen-bond acceptors (Lipinski definition) is 16. The molecule has 3 aromatic heterocycles. The van der Waals surface area contributed by atoms with Crippen molar-refractivity contribution in [3.63, 3.8) is 0 Å². The number of nitrogens with one attached hydrogen (secondary N) is 4. The summed E-state index contributed by atoms with van der Waals surface area (Å²) < 4.78 is 91.5. The van der Waals surface area contributed by atoms with Crippen LogP contribution in [0.5, 0.6) is 0 Å². The number of carbonyl (C=O) groups excluding carboxylic acids is 5. The van der Waals surface area contributed by atoms with E-state index in [9.17, 15) is 36.8 Å². The standard InChI is InChI=1S/C66H82F3N11O10S2/c1-39(66(8,9)89-37-65(6,7)88-10)63(85)90-48-28-53(61(83)72-29-41-11-13-43(14-12-41)58-40(2)73-38-91-58)80(35-48)62(84)59(64(3,4)5)74-54(81)36-76-33-47(34-76)78-25-23-77(24-26-78)46-17-15-42(16-18-46)44-27-49-50(31-71-60(49)70-30-44)57(82)55-51(68)19-20-52(56(55)69)75-92(86,87)79-22-21-45(67)32-79/h11-20,27,30-31,38-39,45,47-48,53,59,75H,21-26,28-29,32-37H2,1-10H3,(H,70,71)(H,72,83)(H,74,81)/t39?,45-,48-,53+,59-/m1/s1. The first-order chi connectivity index (χ1) is 43.5. The number of aromatic amines is 1. The highest BCUT2D eigenvalue weighted by atomic mass is 32.2. The van der Waals surface area contributed by atoms with Crippen LogP contribution in [0.3, 0.4) is 0 Å². The summed E-state index contributed by atoms with van der Waals surface area (Å²) in [6, 6.07) is 17.3. The molecule has 21 nitrogen and oxygen atoms in total. The maximum absolute atomic E-state index is 15.9. The Kier molecular flexibility index (Phi) is 20.1. The van der Waals surface area contributed by atoms with Crippen molar-refractivity contribution in [2.75, 3.05) is 88.8 Å². The fourth-order valence-electron chi connectivity index (χ4n) is 11.9. The van der Waals surface area contributed by atoms with Crippen LogP contribution in [0, 0.1) is 29.9 Å². The van der Waals surface area contributed by atoms with E-state index in [2.05, 4.69) is 35.4 Å². The van der Waals surface area contributed by atoms with Gasteiger partial charge >= 0.3 is 16.2 Å². The molecule has 6 aromatic rings. The molecule has 4 aliphatic heterocycles. The van der Waals surface area contributed by atoms with Crippen LogP contribution in [0.4, 0.5) is 24.5 Å². The second-order valence-electron chi connectivity index (χ2n) is 26.6. The molecular weight excluding hydrogens is 1230 g/mol. The zero-order chi connectivity index (χ0) is 66.2. The topological polar surface area (TPSA) is 241 Å². The van der Waals surface area contributed by atoms with Crippen molar-refractivity contribution in [1.82, 2.24) is 44.6 Å². The molecule has 92 heavy (non-hydrogen) atoms.